The Balaban J connectivity index is 2.28. The van der Waals surface area contributed by atoms with Crippen molar-refractivity contribution in [3.63, 3.8) is 0 Å². The van der Waals surface area contributed by atoms with E-state index in [4.69, 9.17) is 9.84 Å². The van der Waals surface area contributed by atoms with Crippen molar-refractivity contribution < 1.29 is 19.4 Å². The van der Waals surface area contributed by atoms with Crippen LogP contribution < -0.4 is 0 Å². The number of carboxylic acid groups (broad SMARTS) is 1. The number of carbonyl (C=O) groups excluding carboxylic acids is 1. The molecule has 0 bridgehead atoms. The summed E-state index contributed by atoms with van der Waals surface area (Å²) in [5.74, 6) is -0.436. The van der Waals surface area contributed by atoms with Gasteiger partial charge in [0.1, 0.15) is 12.2 Å². The molecule has 0 aromatic carbocycles. The molecule has 1 fully saturated rings. The van der Waals surface area contributed by atoms with Crippen molar-refractivity contribution in [1.82, 2.24) is 4.90 Å². The summed E-state index contributed by atoms with van der Waals surface area (Å²) in [6.45, 7) is 8.68. The minimum atomic E-state index is -0.982. The summed E-state index contributed by atoms with van der Waals surface area (Å²) in [5, 5.41) is 8.54. The van der Waals surface area contributed by atoms with E-state index in [-0.39, 0.29) is 17.3 Å². The number of amides is 1. The Morgan fingerprint density at radius 3 is 2.39 bits per heavy atom. The van der Waals surface area contributed by atoms with E-state index >= 15 is 0 Å². The molecule has 0 spiro atoms. The molecule has 1 heterocycles. The SMILES string of the molecule is CC1(OCC(=O)O)CN(C(=O)CSC(C)(C)C)C1. The van der Waals surface area contributed by atoms with Gasteiger partial charge in [-0.1, -0.05) is 20.8 Å². The van der Waals surface area contributed by atoms with Crippen LogP contribution in [-0.2, 0) is 14.3 Å². The molecule has 1 aliphatic rings. The van der Waals surface area contributed by atoms with Gasteiger partial charge in [-0.05, 0) is 6.92 Å². The zero-order chi connectivity index (χ0) is 14.0. The Kier molecular flexibility index (Phi) is 4.66. The lowest BCUT2D eigenvalue weighted by molar-refractivity contribution is -0.171. The van der Waals surface area contributed by atoms with Gasteiger partial charge in [-0.2, -0.15) is 0 Å². The van der Waals surface area contributed by atoms with Gasteiger partial charge < -0.3 is 14.7 Å². The van der Waals surface area contributed by atoms with E-state index in [1.807, 2.05) is 6.92 Å². The highest BCUT2D eigenvalue weighted by molar-refractivity contribution is 8.01. The first kappa shape index (κ1) is 15.3. The minimum Gasteiger partial charge on any atom is -0.480 e. The average molecular weight is 275 g/mol. The zero-order valence-electron chi connectivity index (χ0n) is 11.4. The van der Waals surface area contributed by atoms with Gasteiger partial charge in [-0.15, -0.1) is 11.8 Å². The van der Waals surface area contributed by atoms with Crippen LogP contribution in [-0.4, -0.2) is 57.7 Å². The molecular weight excluding hydrogens is 254 g/mol. The number of ether oxygens (including phenoxy) is 1. The molecule has 1 aliphatic heterocycles. The molecule has 18 heavy (non-hydrogen) atoms. The summed E-state index contributed by atoms with van der Waals surface area (Å²) in [5.41, 5.74) is -0.500. The molecule has 1 saturated heterocycles. The van der Waals surface area contributed by atoms with Crippen LogP contribution in [0.4, 0.5) is 0 Å². The van der Waals surface area contributed by atoms with Gasteiger partial charge in [0.2, 0.25) is 5.91 Å². The van der Waals surface area contributed by atoms with Gasteiger partial charge in [-0.3, -0.25) is 4.79 Å². The van der Waals surface area contributed by atoms with Crippen molar-refractivity contribution in [1.29, 1.82) is 0 Å². The van der Waals surface area contributed by atoms with E-state index in [2.05, 4.69) is 20.8 Å². The third-order valence-electron chi connectivity index (χ3n) is 2.58. The number of aliphatic carboxylic acids is 1. The van der Waals surface area contributed by atoms with Crippen LogP contribution >= 0.6 is 11.8 Å². The van der Waals surface area contributed by atoms with Crippen LogP contribution in [0.2, 0.25) is 0 Å². The minimum absolute atomic E-state index is 0.0731. The average Bonchev–Trinajstić information content (AvgIpc) is 2.18. The maximum Gasteiger partial charge on any atom is 0.329 e. The van der Waals surface area contributed by atoms with E-state index < -0.39 is 11.6 Å². The first-order valence-electron chi connectivity index (χ1n) is 5.89. The van der Waals surface area contributed by atoms with Crippen molar-refractivity contribution in [2.45, 2.75) is 38.0 Å². The summed E-state index contributed by atoms with van der Waals surface area (Å²) < 4.78 is 5.33. The Bertz CT molecular complexity index is 331. The maximum absolute atomic E-state index is 11.8. The van der Waals surface area contributed by atoms with Crippen LogP contribution in [0.3, 0.4) is 0 Å². The van der Waals surface area contributed by atoms with Gasteiger partial charge in [0.15, 0.2) is 0 Å². The monoisotopic (exact) mass is 275 g/mol. The number of nitrogens with zero attached hydrogens (tertiary/aromatic N) is 1. The van der Waals surface area contributed by atoms with E-state index in [0.717, 1.165) is 0 Å². The molecule has 6 heteroatoms. The van der Waals surface area contributed by atoms with E-state index in [9.17, 15) is 9.59 Å². The molecule has 104 valence electrons. The van der Waals surface area contributed by atoms with Gasteiger partial charge in [0.05, 0.1) is 18.8 Å². The fourth-order valence-electron chi connectivity index (χ4n) is 1.63. The third kappa shape index (κ3) is 4.86. The lowest BCUT2D eigenvalue weighted by atomic mass is 9.96. The highest BCUT2D eigenvalue weighted by atomic mass is 32.2. The number of hydrogen-bond acceptors (Lipinski definition) is 4. The lowest BCUT2D eigenvalue weighted by Crippen LogP contribution is -2.63. The first-order chi connectivity index (χ1) is 8.11. The number of rotatable bonds is 5. The summed E-state index contributed by atoms with van der Waals surface area (Å²) in [4.78, 5) is 23.9. The van der Waals surface area contributed by atoms with Crippen molar-refractivity contribution >= 4 is 23.6 Å². The Morgan fingerprint density at radius 2 is 1.94 bits per heavy atom. The Labute approximate surface area is 112 Å². The summed E-state index contributed by atoms with van der Waals surface area (Å²) in [7, 11) is 0. The fourth-order valence-corrected chi connectivity index (χ4v) is 2.37. The van der Waals surface area contributed by atoms with Gasteiger partial charge in [0, 0.05) is 4.75 Å². The molecule has 0 radical (unpaired) electrons. The van der Waals surface area contributed by atoms with Crippen LogP contribution in [0.1, 0.15) is 27.7 Å². The van der Waals surface area contributed by atoms with E-state index in [1.54, 1.807) is 16.7 Å². The molecule has 5 nitrogen and oxygen atoms in total. The highest BCUT2D eigenvalue weighted by Gasteiger charge is 2.42. The Hall–Kier alpha value is -0.750. The van der Waals surface area contributed by atoms with Crippen LogP contribution in [0, 0.1) is 0 Å². The largest absolute Gasteiger partial charge is 0.480 e. The van der Waals surface area contributed by atoms with E-state index in [0.29, 0.717) is 18.8 Å². The van der Waals surface area contributed by atoms with Crippen molar-refractivity contribution in [3.05, 3.63) is 0 Å². The predicted octanol–water partition coefficient (Wildman–Crippen LogP) is 1.22. The topological polar surface area (TPSA) is 66.8 Å². The van der Waals surface area contributed by atoms with Gasteiger partial charge in [-0.25, -0.2) is 4.79 Å². The third-order valence-corrected chi connectivity index (χ3v) is 3.83. The summed E-state index contributed by atoms with van der Waals surface area (Å²) in [6, 6.07) is 0. The van der Waals surface area contributed by atoms with Crippen molar-refractivity contribution in [3.8, 4) is 0 Å². The molecule has 0 aromatic rings. The predicted molar refractivity (Wildman–Crippen MR) is 70.8 cm³/mol. The lowest BCUT2D eigenvalue weighted by Gasteiger charge is -2.47. The second-order valence-corrected chi connectivity index (χ2v) is 7.59. The number of carbonyl (C=O) groups is 2. The molecule has 0 aliphatic carbocycles. The quantitative estimate of drug-likeness (QED) is 0.817. The number of hydrogen-bond donors (Lipinski definition) is 1. The molecule has 0 unspecified atom stereocenters. The zero-order valence-corrected chi connectivity index (χ0v) is 12.2. The summed E-state index contributed by atoms with van der Waals surface area (Å²) in [6.07, 6.45) is 0. The number of carboxylic acids is 1. The first-order valence-corrected chi connectivity index (χ1v) is 6.87. The molecule has 0 aromatic heterocycles. The molecule has 1 N–H and O–H groups in total. The second-order valence-electron chi connectivity index (χ2n) is 5.78. The molecule has 0 saturated carbocycles. The summed E-state index contributed by atoms with van der Waals surface area (Å²) >= 11 is 1.61. The highest BCUT2D eigenvalue weighted by Crippen LogP contribution is 2.28. The smallest absolute Gasteiger partial charge is 0.329 e. The standard InChI is InChI=1S/C12H21NO4S/c1-11(2,3)18-6-9(14)13-7-12(4,8-13)17-5-10(15)16/h5-8H2,1-4H3,(H,15,16). The maximum atomic E-state index is 11.8. The van der Waals surface area contributed by atoms with Gasteiger partial charge in [0.25, 0.3) is 0 Å². The molecule has 0 atom stereocenters. The van der Waals surface area contributed by atoms with Gasteiger partial charge >= 0.3 is 5.97 Å². The van der Waals surface area contributed by atoms with Crippen molar-refractivity contribution in [2.24, 2.45) is 0 Å². The van der Waals surface area contributed by atoms with Crippen LogP contribution in [0.15, 0.2) is 0 Å². The number of thioether (sulfide) groups is 1. The molecule has 1 rings (SSSR count). The molecular formula is C12H21NO4S. The fraction of sp³-hybridized carbons (Fsp3) is 0.833. The van der Waals surface area contributed by atoms with E-state index in [1.165, 1.54) is 0 Å². The normalized spacial score (nSPS) is 18.3. The second kappa shape index (κ2) is 5.48. The van der Waals surface area contributed by atoms with Crippen LogP contribution in [0.5, 0.6) is 0 Å². The molecule has 1 amide bonds. The Morgan fingerprint density at radius 1 is 1.39 bits per heavy atom. The number of likely N-dealkylation sites (tertiary alicyclic amines) is 1. The van der Waals surface area contributed by atoms with Crippen molar-refractivity contribution in [2.75, 3.05) is 25.4 Å². The van der Waals surface area contributed by atoms with Crippen LogP contribution in [0.25, 0.3) is 0 Å².